The Labute approximate surface area is 137 Å². The van der Waals surface area contributed by atoms with Crippen molar-refractivity contribution >= 4 is 5.91 Å². The van der Waals surface area contributed by atoms with Crippen LogP contribution in [0.2, 0.25) is 0 Å². The summed E-state index contributed by atoms with van der Waals surface area (Å²) in [5, 5.41) is 4.17. The minimum Gasteiger partial charge on any atom is -0.494 e. The summed E-state index contributed by atoms with van der Waals surface area (Å²) in [5.41, 5.74) is 1.04. The fraction of sp³-hybridized carbons (Fsp3) is 0.444. The molecule has 0 aliphatic heterocycles. The Hall–Kier alpha value is -2.30. The second-order valence-corrected chi connectivity index (χ2v) is 5.52. The molecule has 5 heteroatoms. The molecule has 1 heterocycles. The molecular weight excluding hydrogens is 290 g/mol. The van der Waals surface area contributed by atoms with Crippen LogP contribution in [0.4, 0.5) is 0 Å². The quantitative estimate of drug-likeness (QED) is 0.752. The lowest BCUT2D eigenvalue weighted by Gasteiger charge is -2.25. The Bertz CT molecular complexity index is 610. The molecule has 0 saturated heterocycles. The maximum Gasteiger partial charge on any atom is 0.227 e. The summed E-state index contributed by atoms with van der Waals surface area (Å²) in [5.74, 6) is 0.865. The number of rotatable bonds is 8. The molecule has 1 aromatic carbocycles. The summed E-state index contributed by atoms with van der Waals surface area (Å²) in [6.07, 6.45) is 3.61. The maximum absolute atomic E-state index is 12.7. The molecule has 0 aliphatic carbocycles. The second kappa shape index (κ2) is 8.36. The molecule has 0 saturated carbocycles. The largest absolute Gasteiger partial charge is 0.494 e. The van der Waals surface area contributed by atoms with Gasteiger partial charge in [-0.2, -0.15) is 5.10 Å². The normalized spacial score (nSPS) is 12.0. The van der Waals surface area contributed by atoms with Crippen LogP contribution in [0, 0.1) is 5.92 Å². The topological polar surface area (TPSA) is 47.4 Å². The van der Waals surface area contributed by atoms with E-state index >= 15 is 0 Å². The number of nitrogens with zero attached hydrogens (tertiary/aromatic N) is 3. The molecule has 1 atom stereocenters. The van der Waals surface area contributed by atoms with Crippen molar-refractivity contribution in [3.05, 3.63) is 48.3 Å². The molecule has 0 aliphatic rings. The lowest BCUT2D eigenvalue weighted by atomic mass is 10.1. The Morgan fingerprint density at radius 3 is 2.74 bits per heavy atom. The van der Waals surface area contributed by atoms with Crippen molar-refractivity contribution in [2.24, 2.45) is 5.92 Å². The standard InChI is InChI=1S/C18H25N3O2/c1-4-20(14-16-9-6-7-10-17(16)23-5-2)18(22)15(3)13-21-12-8-11-19-21/h6-12,15H,4-5,13-14H2,1-3H3/t15-/m1/s1. The van der Waals surface area contributed by atoms with Gasteiger partial charge in [-0.3, -0.25) is 9.48 Å². The highest BCUT2D eigenvalue weighted by Gasteiger charge is 2.21. The molecule has 0 bridgehead atoms. The van der Waals surface area contributed by atoms with E-state index in [0.717, 1.165) is 11.3 Å². The molecular formula is C18H25N3O2. The van der Waals surface area contributed by atoms with Gasteiger partial charge in [0.2, 0.25) is 5.91 Å². The van der Waals surface area contributed by atoms with Gasteiger partial charge in [0.15, 0.2) is 0 Å². The maximum atomic E-state index is 12.7. The second-order valence-electron chi connectivity index (χ2n) is 5.52. The van der Waals surface area contributed by atoms with Crippen LogP contribution >= 0.6 is 0 Å². The summed E-state index contributed by atoms with van der Waals surface area (Å²) < 4.78 is 7.45. The number of hydrogen-bond acceptors (Lipinski definition) is 3. The molecule has 23 heavy (non-hydrogen) atoms. The van der Waals surface area contributed by atoms with E-state index in [1.54, 1.807) is 10.9 Å². The van der Waals surface area contributed by atoms with Crippen LogP contribution in [0.1, 0.15) is 26.3 Å². The van der Waals surface area contributed by atoms with Gasteiger partial charge in [0, 0.05) is 31.0 Å². The average molecular weight is 315 g/mol. The predicted octanol–water partition coefficient (Wildman–Crippen LogP) is 2.97. The molecule has 0 spiro atoms. The Kier molecular flexibility index (Phi) is 6.20. The molecule has 0 fully saturated rings. The van der Waals surface area contributed by atoms with Gasteiger partial charge in [0.25, 0.3) is 0 Å². The molecule has 1 aromatic heterocycles. The minimum absolute atomic E-state index is 0.117. The summed E-state index contributed by atoms with van der Waals surface area (Å²) in [6, 6.07) is 9.76. The third kappa shape index (κ3) is 4.58. The first-order valence-electron chi connectivity index (χ1n) is 8.12. The highest BCUT2D eigenvalue weighted by atomic mass is 16.5. The number of carbonyl (C=O) groups excluding carboxylic acids is 1. The Morgan fingerprint density at radius 2 is 2.09 bits per heavy atom. The SMILES string of the molecule is CCOc1ccccc1CN(CC)C(=O)[C@H](C)Cn1cccn1. The van der Waals surface area contributed by atoms with E-state index in [0.29, 0.717) is 26.2 Å². The molecule has 2 aromatic rings. The van der Waals surface area contributed by atoms with Gasteiger partial charge in [0.05, 0.1) is 19.1 Å². The monoisotopic (exact) mass is 315 g/mol. The van der Waals surface area contributed by atoms with Gasteiger partial charge in [-0.1, -0.05) is 25.1 Å². The minimum atomic E-state index is -0.117. The van der Waals surface area contributed by atoms with Crippen molar-refractivity contribution in [1.82, 2.24) is 14.7 Å². The number of hydrogen-bond donors (Lipinski definition) is 0. The van der Waals surface area contributed by atoms with Crippen LogP contribution in [0.15, 0.2) is 42.7 Å². The van der Waals surface area contributed by atoms with E-state index in [1.165, 1.54) is 0 Å². The number of aromatic nitrogens is 2. The third-order valence-corrected chi connectivity index (χ3v) is 3.77. The first kappa shape index (κ1) is 17.1. The van der Waals surface area contributed by atoms with Gasteiger partial charge >= 0.3 is 0 Å². The van der Waals surface area contributed by atoms with Gasteiger partial charge < -0.3 is 9.64 Å². The highest BCUT2D eigenvalue weighted by molar-refractivity contribution is 5.78. The van der Waals surface area contributed by atoms with Crippen LogP contribution in [0.5, 0.6) is 5.75 Å². The van der Waals surface area contributed by atoms with Crippen molar-refractivity contribution in [3.8, 4) is 5.75 Å². The number of amides is 1. The van der Waals surface area contributed by atoms with E-state index in [-0.39, 0.29) is 11.8 Å². The number of ether oxygens (including phenoxy) is 1. The van der Waals surface area contributed by atoms with Crippen molar-refractivity contribution < 1.29 is 9.53 Å². The first-order valence-corrected chi connectivity index (χ1v) is 8.12. The fourth-order valence-corrected chi connectivity index (χ4v) is 2.56. The zero-order chi connectivity index (χ0) is 16.7. The van der Waals surface area contributed by atoms with Crippen LogP contribution in [0.25, 0.3) is 0 Å². The Morgan fingerprint density at radius 1 is 1.30 bits per heavy atom. The molecule has 0 unspecified atom stereocenters. The van der Waals surface area contributed by atoms with E-state index in [9.17, 15) is 4.79 Å². The fourth-order valence-electron chi connectivity index (χ4n) is 2.56. The third-order valence-electron chi connectivity index (χ3n) is 3.77. The van der Waals surface area contributed by atoms with Gasteiger partial charge in [-0.15, -0.1) is 0 Å². The van der Waals surface area contributed by atoms with Crippen LogP contribution in [-0.2, 0) is 17.9 Å². The average Bonchev–Trinajstić information content (AvgIpc) is 3.06. The molecule has 0 N–H and O–H groups in total. The van der Waals surface area contributed by atoms with E-state index in [2.05, 4.69) is 5.10 Å². The summed E-state index contributed by atoms with van der Waals surface area (Å²) in [4.78, 5) is 14.6. The van der Waals surface area contributed by atoms with Crippen molar-refractivity contribution in [3.63, 3.8) is 0 Å². The van der Waals surface area contributed by atoms with E-state index in [1.807, 2.05) is 62.2 Å². The lowest BCUT2D eigenvalue weighted by Crippen LogP contribution is -2.36. The molecule has 1 amide bonds. The summed E-state index contributed by atoms with van der Waals surface area (Å²) in [7, 11) is 0. The summed E-state index contributed by atoms with van der Waals surface area (Å²) in [6.45, 7) is 8.36. The van der Waals surface area contributed by atoms with Gasteiger partial charge in [0.1, 0.15) is 5.75 Å². The molecule has 5 nitrogen and oxygen atoms in total. The molecule has 2 rings (SSSR count). The highest BCUT2D eigenvalue weighted by Crippen LogP contribution is 2.21. The predicted molar refractivity (Wildman–Crippen MR) is 90.1 cm³/mol. The lowest BCUT2D eigenvalue weighted by molar-refractivity contribution is -0.135. The van der Waals surface area contributed by atoms with Crippen molar-refractivity contribution in [2.45, 2.75) is 33.9 Å². The smallest absolute Gasteiger partial charge is 0.227 e. The number of carbonyl (C=O) groups is 1. The van der Waals surface area contributed by atoms with Gasteiger partial charge in [-0.25, -0.2) is 0 Å². The van der Waals surface area contributed by atoms with E-state index < -0.39 is 0 Å². The Balaban J connectivity index is 2.05. The first-order chi connectivity index (χ1) is 11.2. The molecule has 0 radical (unpaired) electrons. The number of para-hydroxylation sites is 1. The van der Waals surface area contributed by atoms with Crippen LogP contribution in [0.3, 0.4) is 0 Å². The van der Waals surface area contributed by atoms with E-state index in [4.69, 9.17) is 4.74 Å². The summed E-state index contributed by atoms with van der Waals surface area (Å²) >= 11 is 0. The van der Waals surface area contributed by atoms with Crippen molar-refractivity contribution in [2.75, 3.05) is 13.2 Å². The zero-order valence-electron chi connectivity index (χ0n) is 14.1. The van der Waals surface area contributed by atoms with Crippen molar-refractivity contribution in [1.29, 1.82) is 0 Å². The van der Waals surface area contributed by atoms with Gasteiger partial charge in [-0.05, 0) is 26.0 Å². The van der Waals surface area contributed by atoms with Crippen LogP contribution < -0.4 is 4.74 Å². The van der Waals surface area contributed by atoms with Crippen LogP contribution in [-0.4, -0.2) is 33.7 Å². The number of benzene rings is 1. The zero-order valence-corrected chi connectivity index (χ0v) is 14.1. The molecule has 124 valence electrons.